The Balaban J connectivity index is 1.81. The van der Waals surface area contributed by atoms with Gasteiger partial charge in [0.1, 0.15) is 17.4 Å². The quantitative estimate of drug-likeness (QED) is 0.677. The molecule has 3 aromatic carbocycles. The SMILES string of the molecule is O=C([N]S(=O)(=O)Nc1cc(F)ccc1Oc1ccc(F)cc1)c1ccccc1. The van der Waals surface area contributed by atoms with Crippen LogP contribution in [0.3, 0.4) is 0 Å². The van der Waals surface area contributed by atoms with Gasteiger partial charge in [-0.25, -0.2) is 8.78 Å². The Morgan fingerprint density at radius 1 is 0.893 bits per heavy atom. The molecular weight excluding hydrogens is 390 g/mol. The van der Waals surface area contributed by atoms with Crippen molar-refractivity contribution in [1.82, 2.24) is 4.72 Å². The number of anilines is 1. The van der Waals surface area contributed by atoms with Crippen LogP contribution in [-0.2, 0) is 10.2 Å². The molecule has 1 amide bonds. The van der Waals surface area contributed by atoms with E-state index >= 15 is 0 Å². The molecule has 1 radical (unpaired) electrons. The molecule has 28 heavy (non-hydrogen) atoms. The smallest absolute Gasteiger partial charge is 0.345 e. The summed E-state index contributed by atoms with van der Waals surface area (Å²) >= 11 is 0. The number of carbonyl (C=O) groups excluding carboxylic acids is 1. The first-order valence-electron chi connectivity index (χ1n) is 7.90. The van der Waals surface area contributed by atoms with Crippen LogP contribution < -0.4 is 14.2 Å². The third kappa shape index (κ3) is 5.04. The van der Waals surface area contributed by atoms with E-state index in [1.165, 1.54) is 30.3 Å². The van der Waals surface area contributed by atoms with Gasteiger partial charge in [0.25, 0.3) is 5.91 Å². The number of nitrogens with zero attached hydrogens (tertiary/aromatic N) is 1. The molecule has 3 rings (SSSR count). The molecular formula is C19H13F2N2O4S. The van der Waals surface area contributed by atoms with E-state index in [9.17, 15) is 22.0 Å². The van der Waals surface area contributed by atoms with Crippen molar-refractivity contribution in [3.8, 4) is 11.5 Å². The fraction of sp³-hybridized carbons (Fsp3) is 0. The van der Waals surface area contributed by atoms with E-state index in [0.29, 0.717) is 0 Å². The number of carbonyl (C=O) groups is 1. The summed E-state index contributed by atoms with van der Waals surface area (Å²) in [6, 6.07) is 15.7. The Morgan fingerprint density at radius 3 is 2.21 bits per heavy atom. The van der Waals surface area contributed by atoms with E-state index in [2.05, 4.69) is 4.72 Å². The molecule has 143 valence electrons. The van der Waals surface area contributed by atoms with Crippen LogP contribution in [0.4, 0.5) is 14.5 Å². The third-order valence-corrected chi connectivity index (χ3v) is 4.33. The van der Waals surface area contributed by atoms with Gasteiger partial charge in [-0.05, 0) is 48.5 Å². The van der Waals surface area contributed by atoms with Gasteiger partial charge in [-0.2, -0.15) is 8.42 Å². The first-order chi connectivity index (χ1) is 13.3. The van der Waals surface area contributed by atoms with Gasteiger partial charge in [0.15, 0.2) is 5.75 Å². The van der Waals surface area contributed by atoms with E-state index in [0.717, 1.165) is 24.3 Å². The lowest BCUT2D eigenvalue weighted by atomic mass is 10.2. The van der Waals surface area contributed by atoms with Gasteiger partial charge in [-0.15, -0.1) is 4.72 Å². The third-order valence-electron chi connectivity index (χ3n) is 3.45. The number of amides is 1. The fourth-order valence-corrected chi connectivity index (χ4v) is 3.01. The summed E-state index contributed by atoms with van der Waals surface area (Å²) in [7, 11) is -4.50. The highest BCUT2D eigenvalue weighted by Gasteiger charge is 2.21. The predicted octanol–water partition coefficient (Wildman–Crippen LogP) is 3.86. The number of benzene rings is 3. The van der Waals surface area contributed by atoms with Crippen molar-refractivity contribution in [2.24, 2.45) is 0 Å². The monoisotopic (exact) mass is 403 g/mol. The summed E-state index contributed by atoms with van der Waals surface area (Å²) < 4.78 is 61.7. The highest BCUT2D eigenvalue weighted by Crippen LogP contribution is 2.31. The zero-order valence-electron chi connectivity index (χ0n) is 14.2. The van der Waals surface area contributed by atoms with Crippen LogP contribution in [0.5, 0.6) is 11.5 Å². The summed E-state index contributed by atoms with van der Waals surface area (Å²) in [6.07, 6.45) is 0. The van der Waals surface area contributed by atoms with Gasteiger partial charge < -0.3 is 4.74 Å². The number of hydrogen-bond acceptors (Lipinski definition) is 4. The minimum Gasteiger partial charge on any atom is -0.455 e. The van der Waals surface area contributed by atoms with Gasteiger partial charge in [0.2, 0.25) is 0 Å². The second-order valence-corrected chi connectivity index (χ2v) is 6.87. The average molecular weight is 403 g/mol. The van der Waals surface area contributed by atoms with Gasteiger partial charge in [0.05, 0.1) is 5.69 Å². The maximum absolute atomic E-state index is 13.6. The molecule has 0 saturated carbocycles. The molecule has 0 aliphatic rings. The van der Waals surface area contributed by atoms with Crippen LogP contribution in [0, 0.1) is 11.6 Å². The number of nitrogens with one attached hydrogen (secondary N) is 1. The van der Waals surface area contributed by atoms with E-state index in [-0.39, 0.29) is 22.7 Å². The van der Waals surface area contributed by atoms with Crippen LogP contribution in [-0.4, -0.2) is 14.3 Å². The molecule has 0 bridgehead atoms. The van der Waals surface area contributed by atoms with Gasteiger partial charge in [0, 0.05) is 11.6 Å². The molecule has 1 N–H and O–H groups in total. The van der Waals surface area contributed by atoms with Crippen LogP contribution in [0.25, 0.3) is 0 Å². The molecule has 6 nitrogen and oxygen atoms in total. The number of hydrogen-bond donors (Lipinski definition) is 1. The van der Waals surface area contributed by atoms with Crippen molar-refractivity contribution in [1.29, 1.82) is 0 Å². The minimum absolute atomic E-state index is 0.0565. The Morgan fingerprint density at radius 2 is 1.54 bits per heavy atom. The highest BCUT2D eigenvalue weighted by molar-refractivity contribution is 7.91. The molecule has 0 aliphatic heterocycles. The first-order valence-corrected chi connectivity index (χ1v) is 9.34. The van der Waals surface area contributed by atoms with Crippen molar-refractivity contribution < 1.29 is 26.7 Å². The Labute approximate surface area is 160 Å². The lowest BCUT2D eigenvalue weighted by molar-refractivity contribution is 0.0978. The second kappa shape index (κ2) is 8.05. The zero-order chi connectivity index (χ0) is 20.1. The molecule has 0 aromatic heterocycles. The average Bonchev–Trinajstić information content (AvgIpc) is 2.65. The summed E-state index contributed by atoms with van der Waals surface area (Å²) in [5, 5.41) is 0. The molecule has 0 aliphatic carbocycles. The lowest BCUT2D eigenvalue weighted by Crippen LogP contribution is -2.29. The molecule has 0 unspecified atom stereocenters. The molecule has 0 atom stereocenters. The summed E-state index contributed by atoms with van der Waals surface area (Å²) in [4.78, 5) is 12.0. The maximum atomic E-state index is 13.6. The summed E-state index contributed by atoms with van der Waals surface area (Å²) in [5.74, 6) is -2.06. The van der Waals surface area contributed by atoms with Crippen LogP contribution in [0.15, 0.2) is 72.8 Å². The van der Waals surface area contributed by atoms with E-state index < -0.39 is 27.8 Å². The lowest BCUT2D eigenvalue weighted by Gasteiger charge is -2.13. The summed E-state index contributed by atoms with van der Waals surface area (Å²) in [6.45, 7) is 0. The van der Waals surface area contributed by atoms with E-state index in [4.69, 9.17) is 4.74 Å². The summed E-state index contributed by atoms with van der Waals surface area (Å²) in [5.41, 5.74) is -0.191. The first kappa shape index (κ1) is 19.3. The van der Waals surface area contributed by atoms with Crippen molar-refractivity contribution >= 4 is 21.8 Å². The van der Waals surface area contributed by atoms with Crippen LogP contribution in [0.1, 0.15) is 10.4 Å². The molecule has 0 spiro atoms. The molecule has 0 fully saturated rings. The standard InChI is InChI=1S/C19H13F2N2O4S/c20-14-6-9-16(10-7-14)27-18-11-8-15(21)12-17(18)22-28(25,26)23-19(24)13-4-2-1-3-5-13/h1-12,22H. The van der Waals surface area contributed by atoms with Crippen molar-refractivity contribution in [3.05, 3.63) is 90.0 Å². The Kier molecular flexibility index (Phi) is 5.55. The number of rotatable bonds is 6. The molecule has 9 heteroatoms. The molecule has 3 aromatic rings. The van der Waals surface area contributed by atoms with Crippen molar-refractivity contribution in [2.75, 3.05) is 4.72 Å². The van der Waals surface area contributed by atoms with Crippen molar-refractivity contribution in [3.63, 3.8) is 0 Å². The van der Waals surface area contributed by atoms with E-state index in [1.54, 1.807) is 18.2 Å². The minimum atomic E-state index is -4.50. The predicted molar refractivity (Wildman–Crippen MR) is 98.3 cm³/mol. The topological polar surface area (TPSA) is 86.6 Å². The van der Waals surface area contributed by atoms with Gasteiger partial charge in [-0.1, -0.05) is 18.2 Å². The van der Waals surface area contributed by atoms with Gasteiger partial charge in [-0.3, -0.25) is 9.52 Å². The van der Waals surface area contributed by atoms with Crippen LogP contribution >= 0.6 is 0 Å². The highest BCUT2D eigenvalue weighted by atomic mass is 32.2. The number of halogens is 2. The van der Waals surface area contributed by atoms with Crippen LogP contribution in [0.2, 0.25) is 0 Å². The fourth-order valence-electron chi connectivity index (χ4n) is 2.20. The Hall–Kier alpha value is -3.46. The maximum Gasteiger partial charge on any atom is 0.345 e. The zero-order valence-corrected chi connectivity index (χ0v) is 15.0. The van der Waals surface area contributed by atoms with Crippen molar-refractivity contribution in [2.45, 2.75) is 0 Å². The van der Waals surface area contributed by atoms with Gasteiger partial charge >= 0.3 is 10.2 Å². The largest absolute Gasteiger partial charge is 0.455 e. The molecule has 0 saturated heterocycles. The number of ether oxygens (including phenoxy) is 1. The molecule has 0 heterocycles. The Bertz CT molecular complexity index is 1090. The van der Waals surface area contributed by atoms with E-state index in [1.807, 2.05) is 4.72 Å². The second-order valence-electron chi connectivity index (χ2n) is 5.54. The normalized spacial score (nSPS) is 10.9.